The number of primary amides is 1. The fourth-order valence-electron chi connectivity index (χ4n) is 2.25. The number of nitrogens with zero attached hydrogens (tertiary/aromatic N) is 1. The zero-order chi connectivity index (χ0) is 21.6. The van der Waals surface area contributed by atoms with Crippen LogP contribution in [0.3, 0.4) is 0 Å². The van der Waals surface area contributed by atoms with E-state index >= 15 is 0 Å². The summed E-state index contributed by atoms with van der Waals surface area (Å²) in [4.78, 5) is 37.6. The summed E-state index contributed by atoms with van der Waals surface area (Å²) in [6.45, 7) is 3.44. The fraction of sp³-hybridized carbons (Fsp3) is 0.100. The molecule has 3 aromatic rings. The first-order valence-electron chi connectivity index (χ1n) is 8.32. The number of carbonyl (C=O) groups excluding carboxylic acids is 2. The van der Waals surface area contributed by atoms with E-state index in [1.54, 1.807) is 43.3 Å². The third-order valence-corrected chi connectivity index (χ3v) is 5.32. The number of hydrogen-bond acceptors (Lipinski definition) is 5. The lowest BCUT2D eigenvalue weighted by molar-refractivity contribution is 0.0700. The molecule has 2 amide bonds. The van der Waals surface area contributed by atoms with Crippen molar-refractivity contribution >= 4 is 50.2 Å². The number of carbonyl (C=O) groups is 3. The van der Waals surface area contributed by atoms with Gasteiger partial charge >= 0.3 is 5.97 Å². The normalized spacial score (nSPS) is 9.90. The number of amides is 2. The summed E-state index contributed by atoms with van der Waals surface area (Å²) >= 11 is 4.20. The molecule has 0 saturated carbocycles. The van der Waals surface area contributed by atoms with Crippen LogP contribution < -0.4 is 11.1 Å². The molecule has 0 atom stereocenters. The smallest absolute Gasteiger partial charge is 0.347 e. The second-order valence-corrected chi connectivity index (χ2v) is 7.79. The number of carboxylic acid groups (broad SMARTS) is 1. The minimum Gasteiger partial charge on any atom is -0.477 e. The highest BCUT2D eigenvalue weighted by Gasteiger charge is 2.16. The van der Waals surface area contributed by atoms with Gasteiger partial charge in [-0.25, -0.2) is 9.78 Å². The van der Waals surface area contributed by atoms with Crippen molar-refractivity contribution < 1.29 is 19.5 Å². The van der Waals surface area contributed by atoms with Crippen LogP contribution in [0, 0.1) is 13.8 Å². The number of hydrogen-bond donors (Lipinski definition) is 3. The van der Waals surface area contributed by atoms with Crippen LogP contribution in [0.5, 0.6) is 0 Å². The molecule has 0 aliphatic rings. The molecular formula is C20H18BrN3O4S. The summed E-state index contributed by atoms with van der Waals surface area (Å²) in [5.74, 6) is -1.72. The van der Waals surface area contributed by atoms with Crippen molar-refractivity contribution in [2.75, 3.05) is 5.32 Å². The number of carboxylic acids is 1. The maximum Gasteiger partial charge on any atom is 0.347 e. The zero-order valence-corrected chi connectivity index (χ0v) is 18.0. The van der Waals surface area contributed by atoms with Gasteiger partial charge < -0.3 is 10.8 Å². The largest absolute Gasteiger partial charge is 0.477 e. The van der Waals surface area contributed by atoms with Crippen LogP contribution in [0.25, 0.3) is 0 Å². The zero-order valence-electron chi connectivity index (χ0n) is 15.6. The number of rotatable bonds is 4. The second-order valence-electron chi connectivity index (χ2n) is 5.88. The molecular weight excluding hydrogens is 458 g/mol. The minimum absolute atomic E-state index is 0.139. The van der Waals surface area contributed by atoms with Gasteiger partial charge in [-0.2, -0.15) is 0 Å². The van der Waals surface area contributed by atoms with E-state index in [1.807, 2.05) is 19.1 Å². The Hall–Kier alpha value is -3.04. The summed E-state index contributed by atoms with van der Waals surface area (Å²) < 4.78 is 0.942. The molecule has 1 heterocycles. The lowest BCUT2D eigenvalue weighted by atomic mass is 10.1. The van der Waals surface area contributed by atoms with Crippen molar-refractivity contribution in [2.45, 2.75) is 13.8 Å². The highest BCUT2D eigenvalue weighted by Crippen LogP contribution is 2.23. The summed E-state index contributed by atoms with van der Waals surface area (Å²) in [6.07, 6.45) is 0. The Morgan fingerprint density at radius 2 is 1.69 bits per heavy atom. The molecule has 9 heteroatoms. The lowest BCUT2D eigenvalue weighted by Crippen LogP contribution is -2.12. The first kappa shape index (κ1) is 22.3. The van der Waals surface area contributed by atoms with Crippen molar-refractivity contribution in [1.82, 2.24) is 4.98 Å². The third kappa shape index (κ3) is 6.23. The van der Waals surface area contributed by atoms with Crippen LogP contribution in [0.1, 0.15) is 41.6 Å². The van der Waals surface area contributed by atoms with Crippen LogP contribution in [0.2, 0.25) is 0 Å². The molecule has 0 fully saturated rings. The van der Waals surface area contributed by atoms with Gasteiger partial charge in [0.1, 0.15) is 4.88 Å². The number of nitrogens with one attached hydrogen (secondary N) is 1. The average Bonchev–Trinajstić information content (AvgIpc) is 3.03. The molecule has 0 aliphatic carbocycles. The van der Waals surface area contributed by atoms with Crippen molar-refractivity contribution in [3.63, 3.8) is 0 Å². The molecule has 150 valence electrons. The first-order valence-corrected chi connectivity index (χ1v) is 9.93. The van der Waals surface area contributed by atoms with E-state index in [4.69, 9.17) is 10.8 Å². The molecule has 29 heavy (non-hydrogen) atoms. The number of benzene rings is 2. The minimum atomic E-state index is -1.04. The van der Waals surface area contributed by atoms with Crippen molar-refractivity contribution in [3.8, 4) is 0 Å². The second kappa shape index (κ2) is 9.94. The quantitative estimate of drug-likeness (QED) is 0.520. The lowest BCUT2D eigenvalue weighted by Gasteiger charge is -2.04. The van der Waals surface area contributed by atoms with Gasteiger partial charge in [0, 0.05) is 15.6 Å². The van der Waals surface area contributed by atoms with Crippen LogP contribution >= 0.6 is 27.3 Å². The Bertz CT molecular complexity index is 1050. The Morgan fingerprint density at radius 1 is 1.07 bits per heavy atom. The van der Waals surface area contributed by atoms with Gasteiger partial charge in [-0.15, -0.1) is 0 Å². The molecule has 0 spiro atoms. The standard InChI is InChI=1S/C13H12N2O3S.C7H6BrNO/c1-7-5-3-4-6-9(7)11(16)15-13-14-8(2)10(19-13)12(17)18;8-6-3-1-5(2-4-6)7(9)10/h3-6H,1-2H3,(H,17,18)(H,14,15,16);1-4H,(H2,9,10). The highest BCUT2D eigenvalue weighted by atomic mass is 79.9. The van der Waals surface area contributed by atoms with Gasteiger partial charge in [-0.3, -0.25) is 14.9 Å². The number of thiazole rings is 1. The van der Waals surface area contributed by atoms with Crippen molar-refractivity contribution in [2.24, 2.45) is 5.73 Å². The van der Waals surface area contributed by atoms with Crippen molar-refractivity contribution in [3.05, 3.63) is 80.3 Å². The Labute approximate surface area is 179 Å². The monoisotopic (exact) mass is 475 g/mol. The molecule has 2 aromatic carbocycles. The van der Waals surface area contributed by atoms with Crippen LogP contribution in [0.4, 0.5) is 5.13 Å². The van der Waals surface area contributed by atoms with Gasteiger partial charge in [0.2, 0.25) is 5.91 Å². The number of aryl methyl sites for hydroxylation is 2. The summed E-state index contributed by atoms with van der Waals surface area (Å²) in [7, 11) is 0. The molecule has 0 aliphatic heterocycles. The summed E-state index contributed by atoms with van der Waals surface area (Å²) in [5.41, 5.74) is 7.34. The van der Waals surface area contributed by atoms with Gasteiger partial charge in [-0.1, -0.05) is 45.5 Å². The third-order valence-electron chi connectivity index (χ3n) is 3.73. The SMILES string of the molecule is Cc1ccccc1C(=O)Nc1nc(C)c(C(=O)O)s1.NC(=O)c1ccc(Br)cc1. The fourth-order valence-corrected chi connectivity index (χ4v) is 3.32. The molecule has 1 aromatic heterocycles. The van der Waals surface area contributed by atoms with E-state index in [2.05, 4.69) is 26.2 Å². The molecule has 4 N–H and O–H groups in total. The highest BCUT2D eigenvalue weighted by molar-refractivity contribution is 9.10. The number of aromatic nitrogens is 1. The van der Waals surface area contributed by atoms with E-state index in [9.17, 15) is 14.4 Å². The summed E-state index contributed by atoms with van der Waals surface area (Å²) in [6, 6.07) is 14.1. The van der Waals surface area contributed by atoms with E-state index < -0.39 is 11.9 Å². The van der Waals surface area contributed by atoms with Crippen LogP contribution in [-0.2, 0) is 0 Å². The summed E-state index contributed by atoms with van der Waals surface area (Å²) in [5, 5.41) is 11.8. The predicted molar refractivity (Wildman–Crippen MR) is 116 cm³/mol. The van der Waals surface area contributed by atoms with E-state index in [-0.39, 0.29) is 10.8 Å². The van der Waals surface area contributed by atoms with E-state index in [0.717, 1.165) is 21.4 Å². The van der Waals surface area contributed by atoms with E-state index in [0.29, 0.717) is 22.0 Å². The Kier molecular flexibility index (Phi) is 7.63. The molecule has 7 nitrogen and oxygen atoms in total. The van der Waals surface area contributed by atoms with Gasteiger partial charge in [0.25, 0.3) is 5.91 Å². The molecule has 0 radical (unpaired) electrons. The average molecular weight is 476 g/mol. The number of aromatic carboxylic acids is 1. The topological polar surface area (TPSA) is 122 Å². The first-order chi connectivity index (χ1) is 13.7. The number of anilines is 1. The Balaban J connectivity index is 0.000000253. The van der Waals surface area contributed by atoms with Gasteiger partial charge in [-0.05, 0) is 49.7 Å². The molecule has 0 saturated heterocycles. The van der Waals surface area contributed by atoms with Crippen LogP contribution in [-0.4, -0.2) is 27.9 Å². The number of nitrogens with two attached hydrogens (primary N) is 1. The van der Waals surface area contributed by atoms with Crippen LogP contribution in [0.15, 0.2) is 53.0 Å². The van der Waals surface area contributed by atoms with E-state index in [1.165, 1.54) is 0 Å². The van der Waals surface area contributed by atoms with Gasteiger partial charge in [0.05, 0.1) is 5.69 Å². The molecule has 0 unspecified atom stereocenters. The maximum atomic E-state index is 12.0. The Morgan fingerprint density at radius 3 is 2.21 bits per heavy atom. The predicted octanol–water partition coefficient (Wildman–Crippen LogP) is 4.26. The van der Waals surface area contributed by atoms with Crippen molar-refractivity contribution in [1.29, 1.82) is 0 Å². The van der Waals surface area contributed by atoms with Gasteiger partial charge in [0.15, 0.2) is 5.13 Å². The number of halogens is 1. The molecule has 3 rings (SSSR count). The molecule has 0 bridgehead atoms. The maximum absolute atomic E-state index is 12.0.